The van der Waals surface area contributed by atoms with Crippen LogP contribution in [0.25, 0.3) is 22.2 Å². The maximum Gasteiger partial charge on any atom is 0.156 e. The van der Waals surface area contributed by atoms with Crippen LogP contribution in [0.4, 0.5) is 5.82 Å². The number of aliphatic hydroxyl groups is 2. The Hall–Kier alpha value is -3.37. The molecule has 9 nitrogen and oxygen atoms in total. The number of fused-ring (bicyclic) bond motifs is 1. The number of hydrogen-bond donors (Lipinski definition) is 3. The van der Waals surface area contributed by atoms with Crippen molar-refractivity contribution >= 4 is 16.7 Å². The number of ether oxygens (including phenoxy) is 2. The molecule has 4 aromatic rings. The average molecular weight is 450 g/mol. The van der Waals surface area contributed by atoms with Gasteiger partial charge < -0.3 is 29.5 Å². The van der Waals surface area contributed by atoms with Crippen molar-refractivity contribution in [1.29, 1.82) is 0 Å². The first-order chi connectivity index (χ1) is 16.3. The van der Waals surface area contributed by atoms with Gasteiger partial charge in [-0.25, -0.2) is 9.97 Å². The van der Waals surface area contributed by atoms with Gasteiger partial charge in [0.05, 0.1) is 25.3 Å². The fourth-order valence-corrected chi connectivity index (χ4v) is 3.60. The number of hydrogen-bond acceptors (Lipinski definition) is 9. The van der Waals surface area contributed by atoms with Crippen molar-refractivity contribution in [3.8, 4) is 11.3 Å². The van der Waals surface area contributed by atoms with Crippen molar-refractivity contribution in [2.75, 3.05) is 32.1 Å². The molecule has 0 aliphatic carbocycles. The molecule has 4 rings (SSSR count). The minimum atomic E-state index is -0.325. The van der Waals surface area contributed by atoms with Crippen molar-refractivity contribution in [2.24, 2.45) is 0 Å². The zero-order chi connectivity index (χ0) is 22.9. The van der Waals surface area contributed by atoms with Crippen molar-refractivity contribution < 1.29 is 24.2 Å². The largest absolute Gasteiger partial charge is 0.371 e. The summed E-state index contributed by atoms with van der Waals surface area (Å²) in [6.07, 6.45) is 2.75. The highest BCUT2D eigenvalue weighted by Gasteiger charge is 2.12. The summed E-state index contributed by atoms with van der Waals surface area (Å²) in [6, 6.07) is 15.8. The van der Waals surface area contributed by atoms with Crippen LogP contribution in [0.3, 0.4) is 0 Å². The number of rotatable bonds is 12. The van der Waals surface area contributed by atoms with E-state index in [0.29, 0.717) is 44.2 Å². The minimum absolute atomic E-state index is 0.319. The number of benzene rings is 2. The molecule has 9 heteroatoms. The van der Waals surface area contributed by atoms with Gasteiger partial charge in [-0.3, -0.25) is 0 Å². The lowest BCUT2D eigenvalue weighted by atomic mass is 9.99. The first kappa shape index (κ1) is 22.8. The fraction of sp³-hybridized carbons (Fsp3) is 0.292. The molecule has 33 heavy (non-hydrogen) atoms. The first-order valence-corrected chi connectivity index (χ1v) is 10.7. The fourth-order valence-electron chi connectivity index (χ4n) is 3.60. The van der Waals surface area contributed by atoms with Gasteiger partial charge in [-0.2, -0.15) is 0 Å². The van der Waals surface area contributed by atoms with Gasteiger partial charge in [0, 0.05) is 17.0 Å². The summed E-state index contributed by atoms with van der Waals surface area (Å²) < 4.78 is 15.7. The second kappa shape index (κ2) is 11.5. The average Bonchev–Trinajstić information content (AvgIpc) is 3.33. The standard InChI is InChI=1S/C24H26N4O5/c29-15-31-8-6-18-10-21-23(11-19(18)7-9-32-16-30)26-14-27-24(21)25-13-20-12-22(28-33-20)17-4-2-1-3-5-17/h1-5,10-12,14,29-30H,6-9,13,15-16H2,(H,25,26,27). The van der Waals surface area contributed by atoms with Crippen molar-refractivity contribution in [1.82, 2.24) is 15.1 Å². The van der Waals surface area contributed by atoms with Crippen LogP contribution in [-0.2, 0) is 28.9 Å². The molecular formula is C24H26N4O5. The highest BCUT2D eigenvalue weighted by atomic mass is 16.6. The SMILES string of the molecule is OCOCCc1cc2ncnc(NCc3cc(-c4ccccc4)no3)c2cc1CCOCO. The molecular weight excluding hydrogens is 424 g/mol. The molecule has 0 bridgehead atoms. The van der Waals surface area contributed by atoms with Crippen LogP contribution in [0.1, 0.15) is 16.9 Å². The molecule has 2 heterocycles. The number of anilines is 1. The quantitative estimate of drug-likeness (QED) is 0.221. The highest BCUT2D eigenvalue weighted by Crippen LogP contribution is 2.26. The summed E-state index contributed by atoms with van der Waals surface area (Å²) in [6.45, 7) is 0.546. The number of nitrogens with zero attached hydrogens (tertiary/aromatic N) is 3. The van der Waals surface area contributed by atoms with Crippen molar-refractivity contribution in [3.63, 3.8) is 0 Å². The Balaban J connectivity index is 1.54. The van der Waals surface area contributed by atoms with E-state index in [0.717, 1.165) is 33.3 Å². The number of nitrogens with one attached hydrogen (secondary N) is 1. The van der Waals surface area contributed by atoms with Crippen LogP contribution < -0.4 is 5.32 Å². The highest BCUT2D eigenvalue weighted by molar-refractivity contribution is 5.90. The molecule has 0 aliphatic heterocycles. The molecule has 0 aliphatic rings. The normalized spacial score (nSPS) is 11.2. The van der Waals surface area contributed by atoms with Gasteiger partial charge >= 0.3 is 0 Å². The van der Waals surface area contributed by atoms with Gasteiger partial charge in [-0.15, -0.1) is 0 Å². The summed E-state index contributed by atoms with van der Waals surface area (Å²) in [5.74, 6) is 1.37. The van der Waals surface area contributed by atoms with E-state index in [1.54, 1.807) is 0 Å². The van der Waals surface area contributed by atoms with Crippen molar-refractivity contribution in [2.45, 2.75) is 19.4 Å². The molecule has 0 saturated heterocycles. The second-order valence-electron chi connectivity index (χ2n) is 7.33. The maximum absolute atomic E-state index is 8.94. The maximum atomic E-state index is 8.94. The van der Waals surface area contributed by atoms with E-state index in [1.165, 1.54) is 6.33 Å². The Kier molecular flexibility index (Phi) is 7.94. The molecule has 0 spiro atoms. The third-order valence-corrected chi connectivity index (χ3v) is 5.23. The van der Waals surface area contributed by atoms with E-state index < -0.39 is 0 Å². The van der Waals surface area contributed by atoms with Crippen LogP contribution in [0.2, 0.25) is 0 Å². The van der Waals surface area contributed by atoms with Gasteiger partial charge in [0.2, 0.25) is 0 Å². The molecule has 0 atom stereocenters. The summed E-state index contributed by atoms with van der Waals surface area (Å²) >= 11 is 0. The number of aliphatic hydroxyl groups excluding tert-OH is 2. The zero-order valence-electron chi connectivity index (χ0n) is 18.1. The van der Waals surface area contributed by atoms with E-state index in [1.807, 2.05) is 48.5 Å². The molecule has 3 N–H and O–H groups in total. The molecule has 172 valence electrons. The van der Waals surface area contributed by atoms with E-state index in [4.69, 9.17) is 24.2 Å². The smallest absolute Gasteiger partial charge is 0.156 e. The first-order valence-electron chi connectivity index (χ1n) is 10.7. The van der Waals surface area contributed by atoms with E-state index >= 15 is 0 Å². The zero-order valence-corrected chi connectivity index (χ0v) is 18.1. The molecule has 0 unspecified atom stereocenters. The Morgan fingerprint density at radius 1 is 0.879 bits per heavy atom. The predicted molar refractivity (Wildman–Crippen MR) is 122 cm³/mol. The summed E-state index contributed by atoms with van der Waals surface area (Å²) in [7, 11) is 0. The topological polar surface area (TPSA) is 123 Å². The van der Waals surface area contributed by atoms with Crippen molar-refractivity contribution in [3.05, 3.63) is 71.7 Å². The van der Waals surface area contributed by atoms with E-state index in [9.17, 15) is 0 Å². The Morgan fingerprint density at radius 3 is 2.33 bits per heavy atom. The van der Waals surface area contributed by atoms with E-state index in [2.05, 4.69) is 20.4 Å². The van der Waals surface area contributed by atoms with Gasteiger partial charge in [0.15, 0.2) is 5.76 Å². The molecule has 0 amide bonds. The lowest BCUT2D eigenvalue weighted by Crippen LogP contribution is -2.07. The molecule has 0 fully saturated rings. The van der Waals surface area contributed by atoms with Gasteiger partial charge in [0.1, 0.15) is 31.4 Å². The number of aromatic nitrogens is 3. The summed E-state index contributed by atoms with van der Waals surface area (Å²) in [5.41, 5.74) is 4.65. The Bertz CT molecular complexity index is 1170. The lowest BCUT2D eigenvalue weighted by molar-refractivity contribution is -0.00151. The Morgan fingerprint density at radius 2 is 1.61 bits per heavy atom. The van der Waals surface area contributed by atoms with Crippen LogP contribution in [0.15, 0.2) is 59.4 Å². The third kappa shape index (κ3) is 5.91. The molecule has 2 aromatic heterocycles. The lowest BCUT2D eigenvalue weighted by Gasteiger charge is -2.13. The van der Waals surface area contributed by atoms with Gasteiger partial charge in [-0.05, 0) is 36.1 Å². The second-order valence-corrected chi connectivity index (χ2v) is 7.33. The molecule has 0 radical (unpaired) electrons. The van der Waals surface area contributed by atoms with Crippen LogP contribution in [0, 0.1) is 0 Å². The predicted octanol–water partition coefficient (Wildman–Crippen LogP) is 2.91. The van der Waals surface area contributed by atoms with E-state index in [-0.39, 0.29) is 13.6 Å². The molecule has 0 saturated carbocycles. The van der Waals surface area contributed by atoms with Gasteiger partial charge in [-0.1, -0.05) is 35.5 Å². The minimum Gasteiger partial charge on any atom is -0.371 e. The Labute approximate surface area is 191 Å². The van der Waals surface area contributed by atoms with Gasteiger partial charge in [0.25, 0.3) is 0 Å². The summed E-state index contributed by atoms with van der Waals surface area (Å²) in [5, 5.41) is 26.2. The molecule has 2 aromatic carbocycles. The van der Waals surface area contributed by atoms with Crippen LogP contribution in [0.5, 0.6) is 0 Å². The van der Waals surface area contributed by atoms with Crippen LogP contribution in [-0.4, -0.2) is 52.1 Å². The summed E-state index contributed by atoms with van der Waals surface area (Å²) in [4.78, 5) is 8.84. The monoisotopic (exact) mass is 450 g/mol. The van der Waals surface area contributed by atoms with Crippen LogP contribution >= 0.6 is 0 Å². The third-order valence-electron chi connectivity index (χ3n) is 5.23.